The number of thioether (sulfide) groups is 1. The number of halogens is 2. The number of nitrogens with zero attached hydrogens (tertiary/aromatic N) is 3. The lowest BCUT2D eigenvalue weighted by Gasteiger charge is -2.17. The molecule has 0 bridgehead atoms. The zero-order valence-corrected chi connectivity index (χ0v) is 22.1. The van der Waals surface area contributed by atoms with Gasteiger partial charge in [-0.2, -0.15) is 0 Å². The normalized spacial score (nSPS) is 11.9. The fourth-order valence-corrected chi connectivity index (χ4v) is 5.12. The van der Waals surface area contributed by atoms with Gasteiger partial charge < -0.3 is 5.32 Å². The lowest BCUT2D eigenvalue weighted by Crippen LogP contribution is -2.28. The molecule has 0 saturated heterocycles. The van der Waals surface area contributed by atoms with Crippen molar-refractivity contribution in [3.63, 3.8) is 0 Å². The van der Waals surface area contributed by atoms with E-state index >= 15 is 0 Å². The molecule has 4 aromatic rings. The van der Waals surface area contributed by atoms with Gasteiger partial charge in [-0.1, -0.05) is 83.8 Å². The van der Waals surface area contributed by atoms with Crippen LogP contribution in [0.15, 0.2) is 71.9 Å². The van der Waals surface area contributed by atoms with E-state index in [9.17, 15) is 4.79 Å². The second-order valence-corrected chi connectivity index (χ2v) is 10.1. The summed E-state index contributed by atoms with van der Waals surface area (Å²) in [6.45, 7) is 6.04. The molecule has 0 aliphatic rings. The molecule has 8 heteroatoms. The molecule has 1 heterocycles. The topological polar surface area (TPSA) is 59.8 Å². The zero-order chi connectivity index (χ0) is 24.9. The largest absolute Gasteiger partial charge is 0.342 e. The number of hydrogen-bond acceptors (Lipinski definition) is 4. The number of carbonyl (C=O) groups is 1. The van der Waals surface area contributed by atoms with Gasteiger partial charge in [0.25, 0.3) is 5.91 Å². The summed E-state index contributed by atoms with van der Waals surface area (Å²) in [6.07, 6.45) is 0.923. The Labute approximate surface area is 219 Å². The second-order valence-electron chi connectivity index (χ2n) is 8.30. The fourth-order valence-electron chi connectivity index (χ4n) is 3.73. The summed E-state index contributed by atoms with van der Waals surface area (Å²) in [5.41, 5.74) is 4.87. The first kappa shape index (κ1) is 25.3. The highest BCUT2D eigenvalue weighted by molar-refractivity contribution is 7.98. The Morgan fingerprint density at radius 2 is 1.80 bits per heavy atom. The first-order valence-corrected chi connectivity index (χ1v) is 13.1. The molecule has 3 aromatic carbocycles. The minimum atomic E-state index is -0.416. The Kier molecular flexibility index (Phi) is 8.16. The van der Waals surface area contributed by atoms with Crippen molar-refractivity contribution in [2.45, 2.75) is 44.1 Å². The van der Waals surface area contributed by atoms with Crippen molar-refractivity contribution >= 4 is 40.9 Å². The maximum Gasteiger partial charge on any atom is 0.251 e. The van der Waals surface area contributed by atoms with Crippen LogP contribution in [-0.4, -0.2) is 20.7 Å². The molecule has 5 nitrogen and oxygen atoms in total. The minimum absolute atomic E-state index is 0.175. The van der Waals surface area contributed by atoms with E-state index in [2.05, 4.69) is 47.6 Å². The minimum Gasteiger partial charge on any atom is -0.342 e. The molecule has 0 fully saturated rings. The van der Waals surface area contributed by atoms with Crippen molar-refractivity contribution < 1.29 is 4.79 Å². The van der Waals surface area contributed by atoms with Crippen LogP contribution in [0.3, 0.4) is 0 Å². The third-order valence-corrected chi connectivity index (χ3v) is 7.16. The number of aryl methyl sites for hydroxylation is 2. The Balaban J connectivity index is 1.64. The lowest BCUT2D eigenvalue weighted by atomic mass is 10.1. The van der Waals surface area contributed by atoms with Crippen LogP contribution in [0.1, 0.15) is 52.8 Å². The first-order chi connectivity index (χ1) is 16.9. The van der Waals surface area contributed by atoms with E-state index in [-0.39, 0.29) is 5.91 Å². The highest BCUT2D eigenvalue weighted by Crippen LogP contribution is 2.32. The number of hydrogen-bond donors (Lipinski definition) is 1. The predicted octanol–water partition coefficient (Wildman–Crippen LogP) is 7.23. The molecular weight excluding hydrogens is 499 g/mol. The Bertz CT molecular complexity index is 1340. The van der Waals surface area contributed by atoms with Crippen LogP contribution < -0.4 is 5.32 Å². The molecule has 1 amide bonds. The Hall–Kier alpha value is -2.80. The molecule has 180 valence electrons. The molecule has 1 unspecified atom stereocenters. The summed E-state index contributed by atoms with van der Waals surface area (Å²) in [6, 6.07) is 20.9. The van der Waals surface area contributed by atoms with Gasteiger partial charge in [-0.05, 0) is 61.7 Å². The summed E-state index contributed by atoms with van der Waals surface area (Å²) in [5.74, 6) is 1.13. The van der Waals surface area contributed by atoms with Crippen molar-refractivity contribution in [2.24, 2.45) is 0 Å². The maximum atomic E-state index is 12.9. The summed E-state index contributed by atoms with van der Waals surface area (Å²) in [4.78, 5) is 12.9. The SMILES string of the molecule is CCc1ccc(C(=O)NC(C)c2nnc(SCc3cccc(C)c3)n2-c2ccc(Cl)cc2Cl)cc1. The highest BCUT2D eigenvalue weighted by Gasteiger charge is 2.23. The van der Waals surface area contributed by atoms with Gasteiger partial charge in [0, 0.05) is 16.3 Å². The number of nitrogens with one attached hydrogen (secondary N) is 1. The molecule has 1 aromatic heterocycles. The smallest absolute Gasteiger partial charge is 0.251 e. The second kappa shape index (κ2) is 11.3. The fraction of sp³-hybridized carbons (Fsp3) is 0.222. The van der Waals surface area contributed by atoms with Crippen LogP contribution in [0, 0.1) is 6.92 Å². The van der Waals surface area contributed by atoms with Crippen LogP contribution in [0.4, 0.5) is 0 Å². The Morgan fingerprint density at radius 3 is 2.49 bits per heavy atom. The van der Waals surface area contributed by atoms with E-state index < -0.39 is 6.04 Å². The van der Waals surface area contributed by atoms with Gasteiger partial charge in [0.2, 0.25) is 0 Å². The predicted molar refractivity (Wildman–Crippen MR) is 144 cm³/mol. The van der Waals surface area contributed by atoms with E-state index in [1.807, 2.05) is 47.9 Å². The molecule has 0 saturated carbocycles. The van der Waals surface area contributed by atoms with Crippen LogP contribution in [0.2, 0.25) is 10.0 Å². The number of benzene rings is 3. The van der Waals surface area contributed by atoms with Crippen molar-refractivity contribution in [3.8, 4) is 5.69 Å². The number of carbonyl (C=O) groups excluding carboxylic acids is 1. The van der Waals surface area contributed by atoms with Gasteiger partial charge in [0.1, 0.15) is 0 Å². The Morgan fingerprint density at radius 1 is 1.03 bits per heavy atom. The molecule has 35 heavy (non-hydrogen) atoms. The molecule has 0 radical (unpaired) electrons. The monoisotopic (exact) mass is 524 g/mol. The van der Waals surface area contributed by atoms with E-state index in [4.69, 9.17) is 23.2 Å². The zero-order valence-electron chi connectivity index (χ0n) is 19.8. The quantitative estimate of drug-likeness (QED) is 0.247. The number of rotatable bonds is 8. The maximum absolute atomic E-state index is 12.9. The van der Waals surface area contributed by atoms with Gasteiger partial charge in [-0.3, -0.25) is 9.36 Å². The molecular formula is C27H26Cl2N4OS. The summed E-state index contributed by atoms with van der Waals surface area (Å²) in [5, 5.41) is 13.6. The molecule has 1 atom stereocenters. The molecule has 0 aliphatic heterocycles. The summed E-state index contributed by atoms with van der Waals surface area (Å²) >= 11 is 14.3. The summed E-state index contributed by atoms with van der Waals surface area (Å²) < 4.78 is 1.89. The van der Waals surface area contributed by atoms with Crippen LogP contribution in [-0.2, 0) is 12.2 Å². The molecule has 1 N–H and O–H groups in total. The average Bonchev–Trinajstić information content (AvgIpc) is 3.26. The van der Waals surface area contributed by atoms with E-state index in [1.165, 1.54) is 16.7 Å². The number of aromatic nitrogens is 3. The first-order valence-electron chi connectivity index (χ1n) is 11.3. The average molecular weight is 526 g/mol. The highest BCUT2D eigenvalue weighted by atomic mass is 35.5. The molecule has 4 rings (SSSR count). The van der Waals surface area contributed by atoms with Crippen molar-refractivity contribution in [3.05, 3.63) is 105 Å². The third kappa shape index (κ3) is 6.07. The standard InChI is InChI=1S/C27H26Cl2N4OS/c1-4-19-8-10-21(11-9-19)26(34)30-18(3)25-31-32-27(35-16-20-7-5-6-17(2)14-20)33(25)24-13-12-22(28)15-23(24)29/h5-15,18H,4,16H2,1-3H3,(H,30,34). The van der Waals surface area contributed by atoms with Gasteiger partial charge in [-0.25, -0.2) is 0 Å². The van der Waals surface area contributed by atoms with Gasteiger partial charge >= 0.3 is 0 Å². The van der Waals surface area contributed by atoms with Gasteiger partial charge in [-0.15, -0.1) is 10.2 Å². The van der Waals surface area contributed by atoms with Crippen molar-refractivity contribution in [2.75, 3.05) is 0 Å². The van der Waals surface area contributed by atoms with Crippen molar-refractivity contribution in [1.29, 1.82) is 0 Å². The van der Waals surface area contributed by atoms with E-state index in [0.717, 1.165) is 12.2 Å². The molecule has 0 spiro atoms. The van der Waals surface area contributed by atoms with Crippen molar-refractivity contribution in [1.82, 2.24) is 20.1 Å². The number of amides is 1. The third-order valence-electron chi connectivity index (χ3n) is 5.62. The summed E-state index contributed by atoms with van der Waals surface area (Å²) in [7, 11) is 0. The lowest BCUT2D eigenvalue weighted by molar-refractivity contribution is 0.0938. The van der Waals surface area contributed by atoms with Gasteiger partial charge in [0.15, 0.2) is 11.0 Å². The van der Waals surface area contributed by atoms with Gasteiger partial charge in [0.05, 0.1) is 16.8 Å². The van der Waals surface area contributed by atoms with Crippen LogP contribution in [0.25, 0.3) is 5.69 Å². The van der Waals surface area contributed by atoms with E-state index in [1.54, 1.807) is 23.9 Å². The molecule has 0 aliphatic carbocycles. The van der Waals surface area contributed by atoms with Crippen LogP contribution in [0.5, 0.6) is 0 Å². The van der Waals surface area contributed by atoms with E-state index in [0.29, 0.717) is 32.3 Å². The van der Waals surface area contributed by atoms with Crippen LogP contribution >= 0.6 is 35.0 Å².